The van der Waals surface area contributed by atoms with Gasteiger partial charge in [-0.05, 0) is 13.3 Å². The molecule has 102 valence electrons. The summed E-state index contributed by atoms with van der Waals surface area (Å²) in [5.74, 6) is 0.265. The van der Waals surface area contributed by atoms with E-state index in [1.54, 1.807) is 11.4 Å². The molecule has 1 atom stereocenters. The molecular formula is C11H24N2O3S. The van der Waals surface area contributed by atoms with E-state index in [1.807, 2.05) is 6.92 Å². The SMILES string of the molecule is CCCS(=O)(=O)N1CCN([C@@H](C)COC)CC1. The van der Waals surface area contributed by atoms with Gasteiger partial charge in [0, 0.05) is 39.3 Å². The lowest BCUT2D eigenvalue weighted by atomic mass is 10.2. The molecule has 1 aliphatic rings. The van der Waals surface area contributed by atoms with E-state index in [2.05, 4.69) is 11.8 Å². The van der Waals surface area contributed by atoms with E-state index in [9.17, 15) is 8.42 Å². The van der Waals surface area contributed by atoms with Crippen molar-refractivity contribution < 1.29 is 13.2 Å². The molecule has 0 N–H and O–H groups in total. The number of ether oxygens (including phenoxy) is 1. The predicted octanol–water partition coefficient (Wildman–Crippen LogP) is 0.379. The number of hydrogen-bond acceptors (Lipinski definition) is 4. The molecule has 0 amide bonds. The van der Waals surface area contributed by atoms with Crippen LogP contribution in [0.4, 0.5) is 0 Å². The van der Waals surface area contributed by atoms with E-state index in [1.165, 1.54) is 0 Å². The second kappa shape index (κ2) is 6.68. The molecule has 0 aliphatic carbocycles. The summed E-state index contributed by atoms with van der Waals surface area (Å²) in [6, 6.07) is 0.357. The molecule has 0 aromatic carbocycles. The maximum absolute atomic E-state index is 11.9. The first-order valence-corrected chi connectivity index (χ1v) is 7.83. The monoisotopic (exact) mass is 264 g/mol. The molecular weight excluding hydrogens is 240 g/mol. The van der Waals surface area contributed by atoms with Crippen molar-refractivity contribution in [2.45, 2.75) is 26.3 Å². The summed E-state index contributed by atoms with van der Waals surface area (Å²) < 4.78 is 30.5. The summed E-state index contributed by atoms with van der Waals surface area (Å²) in [5, 5.41) is 0. The fourth-order valence-corrected chi connectivity index (χ4v) is 3.65. The van der Waals surface area contributed by atoms with E-state index >= 15 is 0 Å². The predicted molar refractivity (Wildman–Crippen MR) is 68.6 cm³/mol. The van der Waals surface area contributed by atoms with Crippen molar-refractivity contribution in [1.82, 2.24) is 9.21 Å². The van der Waals surface area contributed by atoms with Crippen LogP contribution in [0.25, 0.3) is 0 Å². The zero-order chi connectivity index (χ0) is 12.9. The van der Waals surface area contributed by atoms with E-state index in [0.717, 1.165) is 13.1 Å². The second-order valence-electron chi connectivity index (χ2n) is 4.56. The normalized spacial score (nSPS) is 21.6. The van der Waals surface area contributed by atoms with Crippen LogP contribution in [0.15, 0.2) is 0 Å². The molecule has 0 unspecified atom stereocenters. The number of sulfonamides is 1. The molecule has 0 aromatic heterocycles. The highest BCUT2D eigenvalue weighted by molar-refractivity contribution is 7.89. The third kappa shape index (κ3) is 4.21. The van der Waals surface area contributed by atoms with Crippen LogP contribution in [0, 0.1) is 0 Å². The van der Waals surface area contributed by atoms with E-state index in [-0.39, 0.29) is 5.75 Å². The van der Waals surface area contributed by atoms with Crippen LogP contribution in [-0.4, -0.2) is 69.3 Å². The Morgan fingerprint density at radius 2 is 1.82 bits per heavy atom. The van der Waals surface area contributed by atoms with Crippen LogP contribution < -0.4 is 0 Å². The number of nitrogens with zero attached hydrogens (tertiary/aromatic N) is 2. The van der Waals surface area contributed by atoms with Gasteiger partial charge >= 0.3 is 0 Å². The molecule has 1 saturated heterocycles. The van der Waals surface area contributed by atoms with Crippen LogP contribution in [0.5, 0.6) is 0 Å². The van der Waals surface area contributed by atoms with Gasteiger partial charge in [-0.25, -0.2) is 8.42 Å². The Bertz CT molecular complexity index is 311. The molecule has 0 aromatic rings. The van der Waals surface area contributed by atoms with Crippen LogP contribution in [0.3, 0.4) is 0 Å². The van der Waals surface area contributed by atoms with Gasteiger partial charge in [0.25, 0.3) is 0 Å². The number of hydrogen-bond donors (Lipinski definition) is 0. The summed E-state index contributed by atoms with van der Waals surface area (Å²) in [6.07, 6.45) is 0.683. The van der Waals surface area contributed by atoms with Crippen LogP contribution in [-0.2, 0) is 14.8 Å². The standard InChI is InChI=1S/C11H24N2O3S/c1-4-9-17(14,15)13-7-5-12(6-8-13)11(2)10-16-3/h11H,4-10H2,1-3H3/t11-/m0/s1. The van der Waals surface area contributed by atoms with Gasteiger partial charge in [-0.15, -0.1) is 0 Å². The van der Waals surface area contributed by atoms with Gasteiger partial charge in [-0.2, -0.15) is 4.31 Å². The third-order valence-electron chi connectivity index (χ3n) is 3.16. The average molecular weight is 264 g/mol. The number of piperazine rings is 1. The average Bonchev–Trinajstić information content (AvgIpc) is 2.29. The lowest BCUT2D eigenvalue weighted by Crippen LogP contribution is -2.52. The van der Waals surface area contributed by atoms with Crippen molar-refractivity contribution in [3.63, 3.8) is 0 Å². The van der Waals surface area contributed by atoms with Gasteiger partial charge in [0.15, 0.2) is 0 Å². The summed E-state index contributed by atoms with van der Waals surface area (Å²) in [4.78, 5) is 2.28. The van der Waals surface area contributed by atoms with Crippen molar-refractivity contribution in [3.05, 3.63) is 0 Å². The maximum atomic E-state index is 11.9. The Balaban J connectivity index is 2.45. The zero-order valence-electron chi connectivity index (χ0n) is 11.1. The molecule has 0 radical (unpaired) electrons. The molecule has 17 heavy (non-hydrogen) atoms. The van der Waals surface area contributed by atoms with Gasteiger partial charge in [0.1, 0.15) is 0 Å². The fraction of sp³-hybridized carbons (Fsp3) is 1.00. The lowest BCUT2D eigenvalue weighted by molar-refractivity contribution is 0.0766. The van der Waals surface area contributed by atoms with Gasteiger partial charge in [0.05, 0.1) is 12.4 Å². The third-order valence-corrected chi connectivity index (χ3v) is 5.24. The Morgan fingerprint density at radius 3 is 2.29 bits per heavy atom. The van der Waals surface area contributed by atoms with E-state index in [0.29, 0.717) is 32.2 Å². The van der Waals surface area contributed by atoms with Crippen molar-refractivity contribution in [1.29, 1.82) is 0 Å². The summed E-state index contributed by atoms with van der Waals surface area (Å²) in [5.41, 5.74) is 0. The highest BCUT2D eigenvalue weighted by atomic mass is 32.2. The van der Waals surface area contributed by atoms with Crippen LogP contribution in [0.2, 0.25) is 0 Å². The Labute approximate surface area is 105 Å². The Morgan fingerprint density at radius 1 is 1.24 bits per heavy atom. The first-order chi connectivity index (χ1) is 8.01. The topological polar surface area (TPSA) is 49.9 Å². The first kappa shape index (κ1) is 14.9. The molecule has 1 fully saturated rings. The minimum Gasteiger partial charge on any atom is -0.383 e. The molecule has 0 saturated carbocycles. The summed E-state index contributed by atoms with van der Waals surface area (Å²) >= 11 is 0. The van der Waals surface area contributed by atoms with Gasteiger partial charge in [-0.1, -0.05) is 6.92 Å². The molecule has 6 heteroatoms. The van der Waals surface area contributed by atoms with Crippen molar-refractivity contribution >= 4 is 10.0 Å². The molecule has 0 spiro atoms. The van der Waals surface area contributed by atoms with Crippen molar-refractivity contribution in [2.75, 3.05) is 45.6 Å². The molecule has 1 heterocycles. The largest absolute Gasteiger partial charge is 0.383 e. The van der Waals surface area contributed by atoms with E-state index in [4.69, 9.17) is 4.74 Å². The summed E-state index contributed by atoms with van der Waals surface area (Å²) in [6.45, 7) is 7.52. The molecule has 5 nitrogen and oxygen atoms in total. The number of methoxy groups -OCH3 is 1. The quantitative estimate of drug-likeness (QED) is 0.696. The van der Waals surface area contributed by atoms with Gasteiger partial charge in [0.2, 0.25) is 10.0 Å². The highest BCUT2D eigenvalue weighted by Gasteiger charge is 2.27. The van der Waals surface area contributed by atoms with Gasteiger partial charge in [-0.3, -0.25) is 4.90 Å². The highest BCUT2D eigenvalue weighted by Crippen LogP contribution is 2.11. The van der Waals surface area contributed by atoms with Crippen molar-refractivity contribution in [2.24, 2.45) is 0 Å². The maximum Gasteiger partial charge on any atom is 0.214 e. The summed E-state index contributed by atoms with van der Waals surface area (Å²) in [7, 11) is -1.33. The minimum atomic E-state index is -3.02. The second-order valence-corrected chi connectivity index (χ2v) is 6.64. The van der Waals surface area contributed by atoms with Crippen LogP contribution >= 0.6 is 0 Å². The molecule has 0 bridgehead atoms. The molecule has 1 aliphatic heterocycles. The fourth-order valence-electron chi connectivity index (χ4n) is 2.16. The van der Waals surface area contributed by atoms with Crippen LogP contribution in [0.1, 0.15) is 20.3 Å². The smallest absolute Gasteiger partial charge is 0.214 e. The number of rotatable bonds is 6. The van der Waals surface area contributed by atoms with Gasteiger partial charge < -0.3 is 4.74 Å². The Kier molecular flexibility index (Phi) is 5.85. The first-order valence-electron chi connectivity index (χ1n) is 6.22. The van der Waals surface area contributed by atoms with Crippen molar-refractivity contribution in [3.8, 4) is 0 Å². The minimum absolute atomic E-state index is 0.265. The lowest BCUT2D eigenvalue weighted by Gasteiger charge is -2.37. The Hall–Kier alpha value is -0.170. The molecule has 1 rings (SSSR count). The zero-order valence-corrected chi connectivity index (χ0v) is 11.9. The van der Waals surface area contributed by atoms with E-state index < -0.39 is 10.0 Å².